The normalized spacial score (nSPS) is 23.5. The predicted molar refractivity (Wildman–Crippen MR) is 85.9 cm³/mol. The van der Waals surface area contributed by atoms with Gasteiger partial charge in [-0.05, 0) is 31.2 Å². The van der Waals surface area contributed by atoms with Crippen LogP contribution < -0.4 is 10.5 Å². The Kier molecular flexibility index (Phi) is 5.31. The van der Waals surface area contributed by atoms with Gasteiger partial charge >= 0.3 is 0 Å². The second-order valence-corrected chi connectivity index (χ2v) is 6.62. The SMILES string of the molecule is CC1SCCN(CCOc2ccc(C(=N)N)cc2)C1C. The maximum atomic E-state index is 7.35. The number of nitrogens with two attached hydrogens (primary N) is 1. The van der Waals surface area contributed by atoms with E-state index in [4.69, 9.17) is 15.9 Å². The number of rotatable bonds is 5. The first kappa shape index (κ1) is 15.2. The summed E-state index contributed by atoms with van der Waals surface area (Å²) >= 11 is 2.05. The van der Waals surface area contributed by atoms with Crippen molar-refractivity contribution >= 4 is 17.6 Å². The zero-order chi connectivity index (χ0) is 14.5. The van der Waals surface area contributed by atoms with E-state index in [0.717, 1.165) is 24.4 Å². The minimum Gasteiger partial charge on any atom is -0.492 e. The quantitative estimate of drug-likeness (QED) is 0.645. The lowest BCUT2D eigenvalue weighted by Gasteiger charge is -2.37. The Morgan fingerprint density at radius 3 is 2.75 bits per heavy atom. The van der Waals surface area contributed by atoms with Crippen LogP contribution in [-0.2, 0) is 0 Å². The lowest BCUT2D eigenvalue weighted by molar-refractivity contribution is 0.170. The number of thioether (sulfide) groups is 1. The molecule has 2 atom stereocenters. The van der Waals surface area contributed by atoms with Gasteiger partial charge in [0.1, 0.15) is 18.2 Å². The first-order valence-corrected chi connectivity index (χ1v) is 8.05. The topological polar surface area (TPSA) is 62.3 Å². The Balaban J connectivity index is 1.79. The summed E-state index contributed by atoms with van der Waals surface area (Å²) in [7, 11) is 0. The van der Waals surface area contributed by atoms with Crippen molar-refractivity contribution in [3.8, 4) is 5.75 Å². The third-order valence-electron chi connectivity index (χ3n) is 3.83. The first-order chi connectivity index (χ1) is 9.58. The molecule has 1 aromatic rings. The van der Waals surface area contributed by atoms with Crippen LogP contribution in [0.25, 0.3) is 0 Å². The molecule has 4 nitrogen and oxygen atoms in total. The summed E-state index contributed by atoms with van der Waals surface area (Å²) in [5.74, 6) is 2.13. The van der Waals surface area contributed by atoms with Gasteiger partial charge in [0.05, 0.1) is 0 Å². The average molecular weight is 293 g/mol. The lowest BCUT2D eigenvalue weighted by Crippen LogP contribution is -2.46. The highest BCUT2D eigenvalue weighted by Crippen LogP contribution is 2.23. The molecule has 0 spiro atoms. The van der Waals surface area contributed by atoms with Crippen LogP contribution in [0.2, 0.25) is 0 Å². The van der Waals surface area contributed by atoms with E-state index in [9.17, 15) is 0 Å². The molecule has 5 heteroatoms. The Hall–Kier alpha value is -1.20. The molecule has 0 bridgehead atoms. The smallest absolute Gasteiger partial charge is 0.122 e. The summed E-state index contributed by atoms with van der Waals surface area (Å²) in [5.41, 5.74) is 6.15. The van der Waals surface area contributed by atoms with Gasteiger partial charge < -0.3 is 10.5 Å². The molecule has 20 heavy (non-hydrogen) atoms. The van der Waals surface area contributed by atoms with Crippen LogP contribution in [-0.4, -0.2) is 47.5 Å². The molecule has 1 fully saturated rings. The van der Waals surface area contributed by atoms with Crippen LogP contribution in [0.5, 0.6) is 5.75 Å². The number of amidine groups is 1. The summed E-state index contributed by atoms with van der Waals surface area (Å²) in [4.78, 5) is 2.49. The van der Waals surface area contributed by atoms with Crippen molar-refractivity contribution in [2.24, 2.45) is 5.73 Å². The summed E-state index contributed by atoms with van der Waals surface area (Å²) in [6, 6.07) is 7.99. The van der Waals surface area contributed by atoms with Crippen molar-refractivity contribution in [1.29, 1.82) is 5.41 Å². The molecule has 0 saturated carbocycles. The van der Waals surface area contributed by atoms with Gasteiger partial charge in [-0.2, -0.15) is 11.8 Å². The number of hydrogen-bond acceptors (Lipinski definition) is 4. The maximum absolute atomic E-state index is 7.35. The molecule has 1 aliphatic heterocycles. The van der Waals surface area contributed by atoms with Crippen molar-refractivity contribution < 1.29 is 4.74 Å². The highest BCUT2D eigenvalue weighted by Gasteiger charge is 2.24. The molecule has 110 valence electrons. The zero-order valence-electron chi connectivity index (χ0n) is 12.1. The minimum atomic E-state index is 0.0881. The molecule has 2 unspecified atom stereocenters. The number of nitrogens with one attached hydrogen (secondary N) is 1. The average Bonchev–Trinajstić information content (AvgIpc) is 2.44. The van der Waals surface area contributed by atoms with Gasteiger partial charge in [0.25, 0.3) is 0 Å². The summed E-state index contributed by atoms with van der Waals surface area (Å²) in [6.45, 7) is 7.38. The highest BCUT2D eigenvalue weighted by molar-refractivity contribution is 8.00. The molecule has 0 aromatic heterocycles. The van der Waals surface area contributed by atoms with Crippen molar-refractivity contribution in [3.05, 3.63) is 29.8 Å². The third kappa shape index (κ3) is 3.90. The zero-order valence-corrected chi connectivity index (χ0v) is 13.0. The molecule has 2 rings (SSSR count). The summed E-state index contributed by atoms with van der Waals surface area (Å²) < 4.78 is 5.77. The van der Waals surface area contributed by atoms with Gasteiger partial charge in [-0.25, -0.2) is 0 Å². The van der Waals surface area contributed by atoms with E-state index in [1.165, 1.54) is 5.75 Å². The van der Waals surface area contributed by atoms with E-state index < -0.39 is 0 Å². The molecule has 0 amide bonds. The number of ether oxygens (including phenoxy) is 1. The summed E-state index contributed by atoms with van der Waals surface area (Å²) in [6.07, 6.45) is 0. The van der Waals surface area contributed by atoms with Gasteiger partial charge in [-0.3, -0.25) is 10.3 Å². The maximum Gasteiger partial charge on any atom is 0.122 e. The van der Waals surface area contributed by atoms with Crippen molar-refractivity contribution in [2.45, 2.75) is 25.1 Å². The molecule has 1 heterocycles. The van der Waals surface area contributed by atoms with Crippen molar-refractivity contribution in [3.63, 3.8) is 0 Å². The minimum absolute atomic E-state index is 0.0881. The van der Waals surface area contributed by atoms with Crippen LogP contribution in [0.1, 0.15) is 19.4 Å². The fourth-order valence-corrected chi connectivity index (χ4v) is 3.48. The monoisotopic (exact) mass is 293 g/mol. The fraction of sp³-hybridized carbons (Fsp3) is 0.533. The van der Waals surface area contributed by atoms with E-state index in [1.807, 2.05) is 36.0 Å². The van der Waals surface area contributed by atoms with Gasteiger partial charge in [-0.1, -0.05) is 6.92 Å². The van der Waals surface area contributed by atoms with Gasteiger partial charge in [0, 0.05) is 35.7 Å². The van der Waals surface area contributed by atoms with E-state index >= 15 is 0 Å². The van der Waals surface area contributed by atoms with Crippen LogP contribution in [0.3, 0.4) is 0 Å². The largest absolute Gasteiger partial charge is 0.492 e. The molecule has 1 saturated heterocycles. The molecule has 0 aliphatic carbocycles. The van der Waals surface area contributed by atoms with Gasteiger partial charge in [-0.15, -0.1) is 0 Å². The Morgan fingerprint density at radius 2 is 2.10 bits per heavy atom. The molecular weight excluding hydrogens is 270 g/mol. The molecule has 0 radical (unpaired) electrons. The first-order valence-electron chi connectivity index (χ1n) is 7.01. The van der Waals surface area contributed by atoms with Gasteiger partial charge in [0.2, 0.25) is 0 Å². The van der Waals surface area contributed by atoms with Crippen LogP contribution in [0.15, 0.2) is 24.3 Å². The van der Waals surface area contributed by atoms with E-state index in [1.54, 1.807) is 0 Å². The lowest BCUT2D eigenvalue weighted by atomic mass is 10.2. The number of nitrogen functional groups attached to an aromatic ring is 1. The van der Waals surface area contributed by atoms with Crippen molar-refractivity contribution in [1.82, 2.24) is 4.90 Å². The second-order valence-electron chi connectivity index (χ2n) is 5.14. The van der Waals surface area contributed by atoms with Crippen LogP contribution in [0.4, 0.5) is 0 Å². The fourth-order valence-electron chi connectivity index (χ4n) is 2.32. The van der Waals surface area contributed by atoms with Crippen molar-refractivity contribution in [2.75, 3.05) is 25.4 Å². The molecular formula is C15H23N3OS. The molecule has 3 N–H and O–H groups in total. The Labute approximate surface area is 125 Å². The standard InChI is InChI=1S/C15H23N3OS/c1-11-12(2)20-10-8-18(11)7-9-19-14-5-3-13(4-6-14)15(16)17/h3-6,11-12H,7-10H2,1-2H3,(H3,16,17). The number of nitrogens with zero attached hydrogens (tertiary/aromatic N) is 1. The third-order valence-corrected chi connectivity index (χ3v) is 5.17. The van der Waals surface area contributed by atoms with E-state index in [2.05, 4.69) is 18.7 Å². The Bertz CT molecular complexity index is 449. The number of hydrogen-bond donors (Lipinski definition) is 2. The Morgan fingerprint density at radius 1 is 1.40 bits per heavy atom. The molecule has 1 aromatic carbocycles. The van der Waals surface area contributed by atoms with Crippen LogP contribution >= 0.6 is 11.8 Å². The van der Waals surface area contributed by atoms with E-state index in [0.29, 0.717) is 17.9 Å². The highest BCUT2D eigenvalue weighted by atomic mass is 32.2. The van der Waals surface area contributed by atoms with Gasteiger partial charge in [0.15, 0.2) is 0 Å². The second kappa shape index (κ2) is 6.99. The van der Waals surface area contributed by atoms with E-state index in [-0.39, 0.29) is 5.84 Å². The predicted octanol–water partition coefficient (Wildman–Crippen LogP) is 2.18. The molecule has 1 aliphatic rings. The van der Waals surface area contributed by atoms with Crippen LogP contribution in [0, 0.1) is 5.41 Å². The number of benzene rings is 1. The summed E-state index contributed by atoms with van der Waals surface area (Å²) in [5, 5.41) is 8.04.